The van der Waals surface area contributed by atoms with Crippen molar-refractivity contribution in [3.05, 3.63) is 30.3 Å². The SMILES string of the molecule is O=C(NCC1CCN(C(=O)COc2ccccc2)CC1)C(=O)NC1CCCC1. The van der Waals surface area contributed by atoms with Crippen LogP contribution in [0.4, 0.5) is 0 Å². The van der Waals surface area contributed by atoms with Gasteiger partial charge in [-0.15, -0.1) is 0 Å². The third kappa shape index (κ3) is 5.97. The summed E-state index contributed by atoms with van der Waals surface area (Å²) in [4.78, 5) is 37.9. The highest BCUT2D eigenvalue weighted by molar-refractivity contribution is 6.35. The van der Waals surface area contributed by atoms with Gasteiger partial charge in [0, 0.05) is 25.7 Å². The molecule has 0 spiro atoms. The first-order chi connectivity index (χ1) is 13.6. The second-order valence-corrected chi connectivity index (χ2v) is 7.59. The average Bonchev–Trinajstić information content (AvgIpc) is 3.24. The van der Waals surface area contributed by atoms with E-state index in [1.807, 2.05) is 30.3 Å². The minimum Gasteiger partial charge on any atom is -0.484 e. The van der Waals surface area contributed by atoms with Gasteiger partial charge in [0.1, 0.15) is 5.75 Å². The van der Waals surface area contributed by atoms with Crippen LogP contribution in [0.2, 0.25) is 0 Å². The minimum absolute atomic E-state index is 0.0257. The van der Waals surface area contributed by atoms with E-state index >= 15 is 0 Å². The highest BCUT2D eigenvalue weighted by Crippen LogP contribution is 2.18. The van der Waals surface area contributed by atoms with Crippen LogP contribution in [0.15, 0.2) is 30.3 Å². The Kier molecular flexibility index (Phi) is 7.28. The topological polar surface area (TPSA) is 87.7 Å². The van der Waals surface area contributed by atoms with E-state index in [1.54, 1.807) is 4.90 Å². The Bertz CT molecular complexity index is 665. The lowest BCUT2D eigenvalue weighted by molar-refractivity contribution is -0.139. The number of piperidine rings is 1. The number of carbonyl (C=O) groups excluding carboxylic acids is 3. The maximum Gasteiger partial charge on any atom is 0.309 e. The first-order valence-corrected chi connectivity index (χ1v) is 10.2. The Balaban J connectivity index is 1.31. The number of hydrogen-bond acceptors (Lipinski definition) is 4. The van der Waals surface area contributed by atoms with Crippen LogP contribution in [0.3, 0.4) is 0 Å². The quantitative estimate of drug-likeness (QED) is 0.724. The predicted octanol–water partition coefficient (Wildman–Crippen LogP) is 1.48. The van der Waals surface area contributed by atoms with Gasteiger partial charge in [-0.2, -0.15) is 0 Å². The van der Waals surface area contributed by atoms with E-state index < -0.39 is 11.8 Å². The van der Waals surface area contributed by atoms with E-state index in [9.17, 15) is 14.4 Å². The normalized spacial score (nSPS) is 17.9. The van der Waals surface area contributed by atoms with Crippen molar-refractivity contribution in [2.75, 3.05) is 26.2 Å². The number of benzene rings is 1. The lowest BCUT2D eigenvalue weighted by Gasteiger charge is -2.32. The Labute approximate surface area is 165 Å². The molecule has 2 fully saturated rings. The Morgan fingerprint density at radius 3 is 2.32 bits per heavy atom. The van der Waals surface area contributed by atoms with Crippen LogP contribution in [0.5, 0.6) is 5.75 Å². The monoisotopic (exact) mass is 387 g/mol. The van der Waals surface area contributed by atoms with Gasteiger partial charge in [0.05, 0.1) is 0 Å². The number of hydrogen-bond donors (Lipinski definition) is 2. The summed E-state index contributed by atoms with van der Waals surface area (Å²) in [6.45, 7) is 1.80. The van der Waals surface area contributed by atoms with Crippen molar-refractivity contribution in [3.8, 4) is 5.75 Å². The molecule has 0 bridgehead atoms. The molecule has 1 heterocycles. The number of amides is 3. The summed E-state index contributed by atoms with van der Waals surface area (Å²) in [7, 11) is 0. The van der Waals surface area contributed by atoms with Crippen LogP contribution in [-0.4, -0.2) is 54.9 Å². The van der Waals surface area contributed by atoms with E-state index in [-0.39, 0.29) is 24.5 Å². The molecule has 1 aliphatic carbocycles. The van der Waals surface area contributed by atoms with Crippen LogP contribution >= 0.6 is 0 Å². The van der Waals surface area contributed by atoms with Crippen LogP contribution in [0, 0.1) is 5.92 Å². The van der Waals surface area contributed by atoms with Crippen molar-refractivity contribution in [3.63, 3.8) is 0 Å². The van der Waals surface area contributed by atoms with E-state index in [2.05, 4.69) is 10.6 Å². The third-order valence-corrected chi connectivity index (χ3v) is 5.52. The highest BCUT2D eigenvalue weighted by atomic mass is 16.5. The van der Waals surface area contributed by atoms with Crippen LogP contribution in [-0.2, 0) is 14.4 Å². The van der Waals surface area contributed by atoms with E-state index in [4.69, 9.17) is 4.74 Å². The van der Waals surface area contributed by atoms with Crippen LogP contribution in [0.25, 0.3) is 0 Å². The van der Waals surface area contributed by atoms with Gasteiger partial charge in [0.2, 0.25) is 0 Å². The smallest absolute Gasteiger partial charge is 0.309 e. The lowest BCUT2D eigenvalue weighted by atomic mass is 9.96. The fourth-order valence-electron chi connectivity index (χ4n) is 3.78. The molecule has 1 saturated carbocycles. The largest absolute Gasteiger partial charge is 0.484 e. The fraction of sp³-hybridized carbons (Fsp3) is 0.571. The number of rotatable bonds is 6. The number of nitrogens with zero attached hydrogens (tertiary/aromatic N) is 1. The number of nitrogens with one attached hydrogen (secondary N) is 2. The molecule has 0 aromatic heterocycles. The van der Waals surface area contributed by atoms with Gasteiger partial charge in [-0.1, -0.05) is 31.0 Å². The zero-order chi connectivity index (χ0) is 19.8. The van der Waals surface area contributed by atoms with E-state index in [0.29, 0.717) is 25.4 Å². The van der Waals surface area contributed by atoms with Gasteiger partial charge < -0.3 is 20.3 Å². The van der Waals surface area contributed by atoms with Crippen molar-refractivity contribution in [1.29, 1.82) is 0 Å². The van der Waals surface area contributed by atoms with Crippen LogP contribution < -0.4 is 15.4 Å². The summed E-state index contributed by atoms with van der Waals surface area (Å²) in [6.07, 6.45) is 5.75. The molecule has 1 saturated heterocycles. The molecular weight excluding hydrogens is 358 g/mol. The molecule has 3 amide bonds. The zero-order valence-corrected chi connectivity index (χ0v) is 16.2. The summed E-state index contributed by atoms with van der Waals surface area (Å²) in [6, 6.07) is 9.43. The lowest BCUT2D eigenvalue weighted by Crippen LogP contribution is -2.47. The fourth-order valence-corrected chi connectivity index (χ4v) is 3.78. The van der Waals surface area contributed by atoms with E-state index in [0.717, 1.165) is 38.5 Å². The molecule has 2 aliphatic rings. The highest BCUT2D eigenvalue weighted by Gasteiger charge is 2.25. The number of ether oxygens (including phenoxy) is 1. The summed E-state index contributed by atoms with van der Waals surface area (Å²) in [5, 5.41) is 5.54. The maximum absolute atomic E-state index is 12.3. The van der Waals surface area contributed by atoms with Crippen LogP contribution in [0.1, 0.15) is 38.5 Å². The maximum atomic E-state index is 12.3. The number of carbonyl (C=O) groups is 3. The van der Waals surface area contributed by atoms with Crippen molar-refractivity contribution < 1.29 is 19.1 Å². The first kappa shape index (κ1) is 20.2. The molecule has 1 aliphatic heterocycles. The van der Waals surface area contributed by atoms with Gasteiger partial charge in [-0.3, -0.25) is 14.4 Å². The third-order valence-electron chi connectivity index (χ3n) is 5.52. The Morgan fingerprint density at radius 2 is 1.64 bits per heavy atom. The standard InChI is InChI=1S/C21H29N3O4/c25-19(15-28-18-8-2-1-3-9-18)24-12-10-16(11-13-24)14-22-20(26)21(27)23-17-6-4-5-7-17/h1-3,8-9,16-17H,4-7,10-15H2,(H,22,26)(H,23,27). The van der Waals surface area contributed by atoms with Crippen molar-refractivity contribution >= 4 is 17.7 Å². The van der Waals surface area contributed by atoms with Gasteiger partial charge in [-0.25, -0.2) is 0 Å². The first-order valence-electron chi connectivity index (χ1n) is 10.2. The van der Waals surface area contributed by atoms with Crippen molar-refractivity contribution in [1.82, 2.24) is 15.5 Å². The number of likely N-dealkylation sites (tertiary alicyclic amines) is 1. The second-order valence-electron chi connectivity index (χ2n) is 7.59. The molecule has 0 atom stereocenters. The molecule has 2 N–H and O–H groups in total. The molecular formula is C21H29N3O4. The molecule has 1 aromatic rings. The van der Waals surface area contributed by atoms with Gasteiger partial charge in [0.15, 0.2) is 6.61 Å². The molecule has 7 heteroatoms. The zero-order valence-electron chi connectivity index (χ0n) is 16.2. The van der Waals surface area contributed by atoms with Crippen molar-refractivity contribution in [2.24, 2.45) is 5.92 Å². The Morgan fingerprint density at radius 1 is 0.964 bits per heavy atom. The Hall–Kier alpha value is -2.57. The minimum atomic E-state index is -0.554. The average molecular weight is 387 g/mol. The molecule has 0 unspecified atom stereocenters. The van der Waals surface area contributed by atoms with Crippen molar-refractivity contribution in [2.45, 2.75) is 44.6 Å². The second kappa shape index (κ2) is 10.1. The molecule has 7 nitrogen and oxygen atoms in total. The molecule has 3 rings (SSSR count). The predicted molar refractivity (Wildman–Crippen MR) is 105 cm³/mol. The number of para-hydroxylation sites is 1. The summed E-state index contributed by atoms with van der Waals surface area (Å²) < 4.78 is 5.51. The van der Waals surface area contributed by atoms with Gasteiger partial charge >= 0.3 is 11.8 Å². The molecule has 1 aromatic carbocycles. The van der Waals surface area contributed by atoms with Gasteiger partial charge in [0.25, 0.3) is 5.91 Å². The van der Waals surface area contributed by atoms with E-state index in [1.165, 1.54) is 0 Å². The summed E-state index contributed by atoms with van der Waals surface area (Å²) in [5.74, 6) is -0.145. The molecule has 152 valence electrons. The van der Waals surface area contributed by atoms with Gasteiger partial charge in [-0.05, 0) is 43.7 Å². The summed E-state index contributed by atoms with van der Waals surface area (Å²) >= 11 is 0. The molecule has 0 radical (unpaired) electrons. The summed E-state index contributed by atoms with van der Waals surface area (Å²) in [5.41, 5.74) is 0. The molecule has 28 heavy (non-hydrogen) atoms.